The topological polar surface area (TPSA) is 32.7 Å². The van der Waals surface area contributed by atoms with Crippen molar-refractivity contribution in [1.29, 1.82) is 0 Å². The van der Waals surface area contributed by atoms with Crippen LogP contribution < -0.4 is 4.74 Å². The first-order valence-electron chi connectivity index (χ1n) is 8.30. The minimum atomic E-state index is -0.223. The molecule has 1 saturated carbocycles. The SMILES string of the molecule is COc1ccc(F)cc1CN1CCCC(CO)(CC2CC2)C1. The molecule has 3 rings (SSSR count). The van der Waals surface area contributed by atoms with E-state index < -0.39 is 0 Å². The van der Waals surface area contributed by atoms with Crippen LogP contribution in [0.2, 0.25) is 0 Å². The fraction of sp³-hybridized carbons (Fsp3) is 0.667. The van der Waals surface area contributed by atoms with Gasteiger partial charge in [0.1, 0.15) is 11.6 Å². The molecule has 3 nitrogen and oxygen atoms in total. The van der Waals surface area contributed by atoms with Crippen LogP contribution in [-0.2, 0) is 6.54 Å². The second kappa shape index (κ2) is 6.55. The van der Waals surface area contributed by atoms with Crippen LogP contribution in [0.1, 0.15) is 37.7 Å². The van der Waals surface area contributed by atoms with E-state index in [9.17, 15) is 9.50 Å². The van der Waals surface area contributed by atoms with Gasteiger partial charge in [-0.1, -0.05) is 12.8 Å². The van der Waals surface area contributed by atoms with Crippen molar-refractivity contribution in [1.82, 2.24) is 4.90 Å². The number of aliphatic hydroxyl groups is 1. The zero-order valence-electron chi connectivity index (χ0n) is 13.4. The third-order valence-corrected chi connectivity index (χ3v) is 5.13. The molecule has 4 heteroatoms. The van der Waals surface area contributed by atoms with Gasteiger partial charge >= 0.3 is 0 Å². The molecule has 1 aliphatic carbocycles. The number of rotatable bonds is 6. The summed E-state index contributed by atoms with van der Waals surface area (Å²) in [6.07, 6.45) is 5.99. The second-order valence-electron chi connectivity index (χ2n) is 7.08. The quantitative estimate of drug-likeness (QED) is 0.876. The highest BCUT2D eigenvalue weighted by molar-refractivity contribution is 5.33. The van der Waals surface area contributed by atoms with Gasteiger partial charge in [0, 0.05) is 30.7 Å². The Morgan fingerprint density at radius 1 is 1.41 bits per heavy atom. The summed E-state index contributed by atoms with van der Waals surface area (Å²) in [6.45, 7) is 2.86. The molecule has 0 radical (unpaired) electrons. The number of halogens is 1. The second-order valence-corrected chi connectivity index (χ2v) is 7.08. The van der Waals surface area contributed by atoms with E-state index in [4.69, 9.17) is 4.74 Å². The van der Waals surface area contributed by atoms with Crippen molar-refractivity contribution in [3.8, 4) is 5.75 Å². The Labute approximate surface area is 132 Å². The van der Waals surface area contributed by atoms with Gasteiger partial charge in [-0.15, -0.1) is 0 Å². The molecule has 0 aromatic heterocycles. The molecule has 0 spiro atoms. The number of likely N-dealkylation sites (tertiary alicyclic amines) is 1. The van der Waals surface area contributed by atoms with Crippen LogP contribution in [0.25, 0.3) is 0 Å². The zero-order valence-corrected chi connectivity index (χ0v) is 13.4. The highest BCUT2D eigenvalue weighted by Crippen LogP contribution is 2.44. The molecule has 1 unspecified atom stereocenters. The monoisotopic (exact) mass is 307 g/mol. The summed E-state index contributed by atoms with van der Waals surface area (Å²) in [7, 11) is 1.62. The molecule has 1 aromatic rings. The highest BCUT2D eigenvalue weighted by atomic mass is 19.1. The number of hydrogen-bond acceptors (Lipinski definition) is 3. The van der Waals surface area contributed by atoms with Gasteiger partial charge in [-0.05, 0) is 49.9 Å². The summed E-state index contributed by atoms with van der Waals surface area (Å²) < 4.78 is 18.9. The van der Waals surface area contributed by atoms with Crippen molar-refractivity contribution in [3.63, 3.8) is 0 Å². The minimum absolute atomic E-state index is 0.0416. The molecular formula is C18H26FNO2. The lowest BCUT2D eigenvalue weighted by atomic mass is 9.76. The molecule has 22 heavy (non-hydrogen) atoms. The third kappa shape index (κ3) is 3.61. The summed E-state index contributed by atoms with van der Waals surface area (Å²) in [5.41, 5.74) is 0.933. The molecule has 0 bridgehead atoms. The molecule has 1 saturated heterocycles. The normalized spacial score (nSPS) is 26.1. The van der Waals surface area contributed by atoms with Gasteiger partial charge in [-0.2, -0.15) is 0 Å². The summed E-state index contributed by atoms with van der Waals surface area (Å²) in [6, 6.07) is 4.69. The van der Waals surface area contributed by atoms with Crippen molar-refractivity contribution in [2.75, 3.05) is 26.8 Å². The first kappa shape index (κ1) is 15.8. The lowest BCUT2D eigenvalue weighted by Gasteiger charge is -2.42. The zero-order chi connectivity index (χ0) is 15.6. The Balaban J connectivity index is 1.70. The van der Waals surface area contributed by atoms with E-state index in [0.717, 1.165) is 49.6 Å². The molecule has 2 fully saturated rings. The van der Waals surface area contributed by atoms with Gasteiger partial charge in [0.2, 0.25) is 0 Å². The first-order chi connectivity index (χ1) is 10.6. The maximum Gasteiger partial charge on any atom is 0.123 e. The predicted molar refractivity (Wildman–Crippen MR) is 84.3 cm³/mol. The van der Waals surface area contributed by atoms with Crippen molar-refractivity contribution >= 4 is 0 Å². The molecule has 0 amide bonds. The van der Waals surface area contributed by atoms with E-state index in [0.29, 0.717) is 6.54 Å². The van der Waals surface area contributed by atoms with Crippen LogP contribution in [0, 0.1) is 17.2 Å². The number of benzene rings is 1. The maximum absolute atomic E-state index is 13.5. The van der Waals surface area contributed by atoms with Crippen molar-refractivity contribution in [2.45, 2.75) is 38.6 Å². The minimum Gasteiger partial charge on any atom is -0.496 e. The van der Waals surface area contributed by atoms with Crippen LogP contribution in [-0.4, -0.2) is 36.8 Å². The number of nitrogens with zero attached hydrogens (tertiary/aromatic N) is 1. The third-order valence-electron chi connectivity index (χ3n) is 5.13. The van der Waals surface area contributed by atoms with Crippen LogP contribution in [0.15, 0.2) is 18.2 Å². The Morgan fingerprint density at radius 3 is 2.91 bits per heavy atom. The number of aliphatic hydroxyl groups excluding tert-OH is 1. The van der Waals surface area contributed by atoms with E-state index >= 15 is 0 Å². The van der Waals surface area contributed by atoms with Crippen molar-refractivity contribution < 1.29 is 14.2 Å². The van der Waals surface area contributed by atoms with Gasteiger partial charge in [-0.25, -0.2) is 4.39 Å². The standard InChI is InChI=1S/C18H26FNO2/c1-22-17-6-5-16(19)9-15(17)11-20-8-2-7-18(12-20,13-21)10-14-3-4-14/h5-6,9,14,21H,2-4,7-8,10-13H2,1H3. The highest BCUT2D eigenvalue weighted by Gasteiger charge is 2.39. The number of ether oxygens (including phenoxy) is 1. The molecule has 1 N–H and O–H groups in total. The van der Waals surface area contributed by atoms with Gasteiger partial charge in [0.05, 0.1) is 7.11 Å². The van der Waals surface area contributed by atoms with Crippen LogP contribution in [0.3, 0.4) is 0 Å². The Hall–Kier alpha value is -1.13. The largest absolute Gasteiger partial charge is 0.496 e. The fourth-order valence-electron chi connectivity index (χ4n) is 3.85. The molecule has 122 valence electrons. The van der Waals surface area contributed by atoms with E-state index in [1.165, 1.54) is 18.9 Å². The average molecular weight is 307 g/mol. The van der Waals surface area contributed by atoms with Crippen LogP contribution in [0.4, 0.5) is 4.39 Å². The van der Waals surface area contributed by atoms with E-state index in [1.807, 2.05) is 0 Å². The Bertz CT molecular complexity index is 518. The molecule has 1 aromatic carbocycles. The first-order valence-corrected chi connectivity index (χ1v) is 8.30. The van der Waals surface area contributed by atoms with Gasteiger partial charge in [0.25, 0.3) is 0 Å². The van der Waals surface area contributed by atoms with Crippen molar-refractivity contribution in [3.05, 3.63) is 29.6 Å². The number of hydrogen-bond donors (Lipinski definition) is 1. The van der Waals surface area contributed by atoms with Crippen LogP contribution >= 0.6 is 0 Å². The van der Waals surface area contributed by atoms with E-state index in [1.54, 1.807) is 19.2 Å². The molecule has 1 atom stereocenters. The van der Waals surface area contributed by atoms with Gasteiger partial charge in [-0.3, -0.25) is 4.90 Å². The van der Waals surface area contributed by atoms with Gasteiger partial charge in [0.15, 0.2) is 0 Å². The van der Waals surface area contributed by atoms with Crippen molar-refractivity contribution in [2.24, 2.45) is 11.3 Å². The smallest absolute Gasteiger partial charge is 0.123 e. The predicted octanol–water partition coefficient (Wildman–Crippen LogP) is 3.21. The Morgan fingerprint density at radius 2 is 2.23 bits per heavy atom. The molecule has 1 heterocycles. The van der Waals surface area contributed by atoms with E-state index in [2.05, 4.69) is 4.90 Å². The Kier molecular flexibility index (Phi) is 4.69. The average Bonchev–Trinajstić information content (AvgIpc) is 3.32. The summed E-state index contributed by atoms with van der Waals surface area (Å²) in [5, 5.41) is 9.94. The van der Waals surface area contributed by atoms with E-state index in [-0.39, 0.29) is 17.8 Å². The summed E-state index contributed by atoms with van der Waals surface area (Å²) >= 11 is 0. The molecule has 1 aliphatic heterocycles. The molecule has 2 aliphatic rings. The lowest BCUT2D eigenvalue weighted by molar-refractivity contribution is 0.0177. The number of piperidine rings is 1. The molecular weight excluding hydrogens is 281 g/mol. The van der Waals surface area contributed by atoms with Gasteiger partial charge < -0.3 is 9.84 Å². The number of methoxy groups -OCH3 is 1. The summed E-state index contributed by atoms with van der Waals surface area (Å²) in [4.78, 5) is 2.35. The maximum atomic E-state index is 13.5. The summed E-state index contributed by atoms with van der Waals surface area (Å²) in [5.74, 6) is 1.33. The lowest BCUT2D eigenvalue weighted by Crippen LogP contribution is -2.45. The van der Waals surface area contributed by atoms with Crippen LogP contribution in [0.5, 0.6) is 5.75 Å². The fourth-order valence-corrected chi connectivity index (χ4v) is 3.85.